The Morgan fingerprint density at radius 1 is 1.28 bits per heavy atom. The smallest absolute Gasteiger partial charge is 0.160 e. The number of hydrogen-bond donors (Lipinski definition) is 2. The molecule has 0 saturated carbocycles. The fourth-order valence-corrected chi connectivity index (χ4v) is 1.72. The maximum absolute atomic E-state index is 13.2. The lowest BCUT2D eigenvalue weighted by Crippen LogP contribution is -1.97. The van der Waals surface area contributed by atoms with Crippen LogP contribution in [0.1, 0.15) is 5.56 Å². The van der Waals surface area contributed by atoms with Gasteiger partial charge in [-0.15, -0.1) is 0 Å². The van der Waals surface area contributed by atoms with Crippen LogP contribution in [0.5, 0.6) is 0 Å². The van der Waals surface area contributed by atoms with Gasteiger partial charge in [0.2, 0.25) is 0 Å². The number of nitrogens with zero attached hydrogens (tertiary/aromatic N) is 3. The van der Waals surface area contributed by atoms with Gasteiger partial charge in [0.15, 0.2) is 5.65 Å². The van der Waals surface area contributed by atoms with E-state index in [0.29, 0.717) is 17.2 Å². The lowest BCUT2D eigenvalue weighted by atomic mass is 10.2. The van der Waals surface area contributed by atoms with E-state index in [-0.39, 0.29) is 5.82 Å². The highest BCUT2D eigenvalue weighted by Crippen LogP contribution is 2.24. The molecule has 0 spiro atoms. The molecule has 3 aromatic rings. The minimum atomic E-state index is -0.291. The first-order valence-electron chi connectivity index (χ1n) is 5.41. The Labute approximate surface area is 102 Å². The van der Waals surface area contributed by atoms with Crippen LogP contribution in [0, 0.1) is 12.7 Å². The molecule has 0 saturated heterocycles. The second-order valence-corrected chi connectivity index (χ2v) is 3.94. The molecule has 0 aliphatic heterocycles. The van der Waals surface area contributed by atoms with E-state index in [4.69, 9.17) is 0 Å². The summed E-state index contributed by atoms with van der Waals surface area (Å²) in [6, 6.07) is 4.57. The molecule has 0 bridgehead atoms. The van der Waals surface area contributed by atoms with Gasteiger partial charge in [-0.1, -0.05) is 6.07 Å². The summed E-state index contributed by atoms with van der Waals surface area (Å²) in [7, 11) is 0. The normalized spacial score (nSPS) is 10.8. The molecule has 0 radical (unpaired) electrons. The third-order valence-electron chi connectivity index (χ3n) is 2.70. The van der Waals surface area contributed by atoms with E-state index in [9.17, 15) is 4.39 Å². The van der Waals surface area contributed by atoms with Gasteiger partial charge in [0.1, 0.15) is 18.0 Å². The molecular formula is C12H10FN5. The first-order chi connectivity index (χ1) is 8.74. The van der Waals surface area contributed by atoms with Crippen LogP contribution in [-0.4, -0.2) is 20.2 Å². The number of rotatable bonds is 2. The number of aromatic nitrogens is 4. The van der Waals surface area contributed by atoms with Gasteiger partial charge in [-0.05, 0) is 24.6 Å². The van der Waals surface area contributed by atoms with Crippen molar-refractivity contribution in [2.75, 3.05) is 5.32 Å². The number of hydrogen-bond acceptors (Lipinski definition) is 4. The van der Waals surface area contributed by atoms with Gasteiger partial charge in [-0.3, -0.25) is 5.10 Å². The molecule has 2 N–H and O–H groups in total. The molecule has 0 atom stereocenters. The van der Waals surface area contributed by atoms with Crippen molar-refractivity contribution >= 4 is 22.5 Å². The summed E-state index contributed by atoms with van der Waals surface area (Å²) in [5, 5.41) is 10.5. The van der Waals surface area contributed by atoms with Crippen molar-refractivity contribution in [2.24, 2.45) is 0 Å². The van der Waals surface area contributed by atoms with E-state index in [1.54, 1.807) is 12.3 Å². The van der Waals surface area contributed by atoms with E-state index in [1.807, 2.05) is 6.92 Å². The van der Waals surface area contributed by atoms with E-state index < -0.39 is 0 Å². The average Bonchev–Trinajstić information content (AvgIpc) is 2.83. The highest BCUT2D eigenvalue weighted by molar-refractivity contribution is 5.87. The predicted molar refractivity (Wildman–Crippen MR) is 66.1 cm³/mol. The minimum Gasteiger partial charge on any atom is -0.339 e. The highest BCUT2D eigenvalue weighted by atomic mass is 19.1. The monoisotopic (exact) mass is 243 g/mol. The summed E-state index contributed by atoms with van der Waals surface area (Å²) in [5.74, 6) is 0.308. The summed E-state index contributed by atoms with van der Waals surface area (Å²) < 4.78 is 13.2. The molecule has 5 nitrogen and oxygen atoms in total. The van der Waals surface area contributed by atoms with Crippen LogP contribution in [0.2, 0.25) is 0 Å². The molecule has 6 heteroatoms. The number of H-pyrrole nitrogens is 1. The molecule has 0 amide bonds. The van der Waals surface area contributed by atoms with Crippen molar-refractivity contribution in [3.8, 4) is 0 Å². The molecule has 0 fully saturated rings. The Bertz CT molecular complexity index is 707. The molecule has 2 heterocycles. The van der Waals surface area contributed by atoms with Crippen molar-refractivity contribution in [1.29, 1.82) is 0 Å². The zero-order chi connectivity index (χ0) is 12.5. The third kappa shape index (κ3) is 1.77. The number of benzene rings is 1. The topological polar surface area (TPSA) is 66.5 Å². The zero-order valence-electron chi connectivity index (χ0n) is 9.61. The van der Waals surface area contributed by atoms with Crippen LogP contribution in [0.4, 0.5) is 15.9 Å². The number of halogens is 1. The van der Waals surface area contributed by atoms with Crippen LogP contribution in [0.15, 0.2) is 30.7 Å². The number of aryl methyl sites for hydroxylation is 1. The van der Waals surface area contributed by atoms with Gasteiger partial charge in [0.25, 0.3) is 0 Å². The standard InChI is InChI=1S/C12H10FN5/c1-7-2-3-8(13)4-10(7)17-11-9-5-16-18-12(9)15-6-14-11/h2-6H,1H3,(H2,14,15,16,17,18). The summed E-state index contributed by atoms with van der Waals surface area (Å²) in [5.41, 5.74) is 2.25. The van der Waals surface area contributed by atoms with Crippen molar-refractivity contribution in [1.82, 2.24) is 20.2 Å². The van der Waals surface area contributed by atoms with Crippen molar-refractivity contribution < 1.29 is 4.39 Å². The maximum atomic E-state index is 13.2. The number of fused-ring (bicyclic) bond motifs is 1. The second kappa shape index (κ2) is 4.06. The first kappa shape index (κ1) is 10.6. The summed E-state index contributed by atoms with van der Waals surface area (Å²) in [6.45, 7) is 1.90. The maximum Gasteiger partial charge on any atom is 0.160 e. The van der Waals surface area contributed by atoms with E-state index in [1.165, 1.54) is 18.5 Å². The second-order valence-electron chi connectivity index (χ2n) is 3.94. The van der Waals surface area contributed by atoms with E-state index in [2.05, 4.69) is 25.5 Å². The van der Waals surface area contributed by atoms with Gasteiger partial charge in [-0.25, -0.2) is 14.4 Å². The SMILES string of the molecule is Cc1ccc(F)cc1Nc1ncnc2[nH]ncc12. The fourth-order valence-electron chi connectivity index (χ4n) is 1.72. The molecule has 3 rings (SSSR count). The summed E-state index contributed by atoms with van der Waals surface area (Å²) in [4.78, 5) is 8.18. The van der Waals surface area contributed by atoms with Gasteiger partial charge < -0.3 is 5.32 Å². The molecule has 0 aliphatic carbocycles. The van der Waals surface area contributed by atoms with Gasteiger partial charge in [-0.2, -0.15) is 5.10 Å². The molecule has 18 heavy (non-hydrogen) atoms. The summed E-state index contributed by atoms with van der Waals surface area (Å²) >= 11 is 0. The Morgan fingerprint density at radius 2 is 2.17 bits per heavy atom. The Morgan fingerprint density at radius 3 is 3.06 bits per heavy atom. The van der Waals surface area contributed by atoms with E-state index in [0.717, 1.165) is 10.9 Å². The molecule has 0 aliphatic rings. The number of aromatic amines is 1. The predicted octanol–water partition coefficient (Wildman–Crippen LogP) is 2.54. The molecule has 2 aromatic heterocycles. The highest BCUT2D eigenvalue weighted by Gasteiger charge is 2.07. The lowest BCUT2D eigenvalue weighted by Gasteiger charge is -2.09. The van der Waals surface area contributed by atoms with Crippen LogP contribution < -0.4 is 5.32 Å². The van der Waals surface area contributed by atoms with Crippen LogP contribution in [0.3, 0.4) is 0 Å². The molecular weight excluding hydrogens is 233 g/mol. The van der Waals surface area contributed by atoms with Gasteiger partial charge in [0, 0.05) is 5.69 Å². The number of anilines is 2. The van der Waals surface area contributed by atoms with Crippen LogP contribution in [-0.2, 0) is 0 Å². The van der Waals surface area contributed by atoms with Crippen LogP contribution >= 0.6 is 0 Å². The summed E-state index contributed by atoms with van der Waals surface area (Å²) in [6.07, 6.45) is 3.06. The van der Waals surface area contributed by atoms with Gasteiger partial charge >= 0.3 is 0 Å². The largest absolute Gasteiger partial charge is 0.339 e. The molecule has 0 unspecified atom stereocenters. The Hall–Kier alpha value is -2.50. The molecule has 90 valence electrons. The Balaban J connectivity index is 2.06. The quantitative estimate of drug-likeness (QED) is 0.725. The zero-order valence-corrected chi connectivity index (χ0v) is 9.61. The lowest BCUT2D eigenvalue weighted by molar-refractivity contribution is 0.628. The van der Waals surface area contributed by atoms with Crippen molar-refractivity contribution in [3.63, 3.8) is 0 Å². The third-order valence-corrected chi connectivity index (χ3v) is 2.70. The van der Waals surface area contributed by atoms with Crippen molar-refractivity contribution in [2.45, 2.75) is 6.92 Å². The van der Waals surface area contributed by atoms with E-state index >= 15 is 0 Å². The van der Waals surface area contributed by atoms with Gasteiger partial charge in [0.05, 0.1) is 11.6 Å². The van der Waals surface area contributed by atoms with Crippen LogP contribution in [0.25, 0.3) is 11.0 Å². The first-order valence-corrected chi connectivity index (χ1v) is 5.41. The average molecular weight is 243 g/mol. The Kier molecular flexibility index (Phi) is 2.40. The van der Waals surface area contributed by atoms with Crippen molar-refractivity contribution in [3.05, 3.63) is 42.1 Å². The fraction of sp³-hybridized carbons (Fsp3) is 0.0833. The minimum absolute atomic E-state index is 0.291. The number of nitrogens with one attached hydrogen (secondary N) is 2. The molecule has 1 aromatic carbocycles.